The Morgan fingerprint density at radius 1 is 1.03 bits per heavy atom. The lowest BCUT2D eigenvalue weighted by molar-refractivity contribution is -0.141. The Labute approximate surface area is 225 Å². The predicted octanol–water partition coefficient (Wildman–Crippen LogP) is 4.56. The van der Waals surface area contributed by atoms with Gasteiger partial charge in [0.2, 0.25) is 5.91 Å². The third kappa shape index (κ3) is 6.36. The summed E-state index contributed by atoms with van der Waals surface area (Å²) in [5, 5.41) is 5.12. The Morgan fingerprint density at radius 3 is 2.38 bits per heavy atom. The number of aromatic nitrogens is 1. The van der Waals surface area contributed by atoms with Crippen molar-refractivity contribution in [2.45, 2.75) is 56.2 Å². The average Bonchev–Trinajstić information content (AvgIpc) is 3.40. The van der Waals surface area contributed by atoms with Crippen molar-refractivity contribution in [3.63, 3.8) is 0 Å². The second-order valence-electron chi connectivity index (χ2n) is 10.6. The zero-order chi connectivity index (χ0) is 27.5. The molecule has 2 N–H and O–H groups in total. The lowest BCUT2D eigenvalue weighted by atomic mass is 9.78. The highest BCUT2D eigenvalue weighted by atomic mass is 19.4. The number of nitrogens with zero attached hydrogens (tertiary/aromatic N) is 3. The van der Waals surface area contributed by atoms with E-state index in [-0.39, 0.29) is 17.0 Å². The van der Waals surface area contributed by atoms with Crippen molar-refractivity contribution < 1.29 is 27.5 Å². The molecule has 0 spiro atoms. The molecule has 3 amide bonds. The highest BCUT2D eigenvalue weighted by Gasteiger charge is 2.38. The van der Waals surface area contributed by atoms with Gasteiger partial charge in [0.1, 0.15) is 11.7 Å². The molecule has 39 heavy (non-hydrogen) atoms. The molecule has 2 aliphatic heterocycles. The topological polar surface area (TPSA) is 86.8 Å². The van der Waals surface area contributed by atoms with E-state index in [0.717, 1.165) is 69.7 Å². The van der Waals surface area contributed by atoms with E-state index < -0.39 is 23.9 Å². The van der Waals surface area contributed by atoms with Gasteiger partial charge in [0.25, 0.3) is 0 Å². The minimum absolute atomic E-state index is 0.106. The summed E-state index contributed by atoms with van der Waals surface area (Å²) < 4.78 is 43.7. The first kappa shape index (κ1) is 27.4. The number of rotatable bonds is 6. The van der Waals surface area contributed by atoms with Gasteiger partial charge in [0, 0.05) is 37.3 Å². The number of urea groups is 1. The smallest absolute Gasteiger partial charge is 0.379 e. The number of morpholine rings is 1. The van der Waals surface area contributed by atoms with Crippen molar-refractivity contribution in [1.82, 2.24) is 15.2 Å². The molecule has 0 bridgehead atoms. The van der Waals surface area contributed by atoms with Crippen LogP contribution in [0.25, 0.3) is 0 Å². The van der Waals surface area contributed by atoms with Gasteiger partial charge in [-0.1, -0.05) is 25.0 Å². The Bertz CT molecular complexity index is 1140. The van der Waals surface area contributed by atoms with Gasteiger partial charge in [0.15, 0.2) is 0 Å². The van der Waals surface area contributed by atoms with E-state index in [9.17, 15) is 22.8 Å². The first-order valence-corrected chi connectivity index (χ1v) is 13.6. The van der Waals surface area contributed by atoms with Gasteiger partial charge in [-0.3, -0.25) is 9.69 Å². The average molecular weight is 546 g/mol. The fraction of sp³-hybridized carbons (Fsp3) is 0.536. The standard InChI is InChI=1S/C28H34F3N5O3/c29-28(30,31)24-10-7-21(18-32-24)33-26(38)34-23-4-3-13-36(25(23)37)22-8-5-20(6-9-22)27(11-1-2-12-27)19-35-14-16-39-17-15-35/h5-10,18,23H,1-4,11-17,19H2,(H2,33,34,38)/t23-/m1/s1. The Kier molecular flexibility index (Phi) is 8.08. The minimum Gasteiger partial charge on any atom is -0.379 e. The van der Waals surface area contributed by atoms with Gasteiger partial charge >= 0.3 is 12.2 Å². The van der Waals surface area contributed by atoms with Gasteiger partial charge in [-0.2, -0.15) is 13.2 Å². The van der Waals surface area contributed by atoms with Crippen molar-refractivity contribution in [3.05, 3.63) is 53.9 Å². The summed E-state index contributed by atoms with van der Waals surface area (Å²) in [5.74, 6) is -0.210. The Hall–Kier alpha value is -3.18. The first-order valence-electron chi connectivity index (χ1n) is 13.6. The summed E-state index contributed by atoms with van der Waals surface area (Å²) in [6.07, 6.45) is 2.32. The van der Waals surface area contributed by atoms with Crippen LogP contribution >= 0.6 is 0 Å². The van der Waals surface area contributed by atoms with Crippen LogP contribution < -0.4 is 15.5 Å². The van der Waals surface area contributed by atoms with Gasteiger partial charge in [-0.25, -0.2) is 9.78 Å². The van der Waals surface area contributed by atoms with E-state index in [0.29, 0.717) is 19.4 Å². The summed E-state index contributed by atoms with van der Waals surface area (Å²) in [5.41, 5.74) is 1.28. The van der Waals surface area contributed by atoms with Gasteiger partial charge in [-0.05, 0) is 55.5 Å². The molecule has 3 fully saturated rings. The van der Waals surface area contributed by atoms with Crippen molar-refractivity contribution in [3.8, 4) is 0 Å². The lowest BCUT2D eigenvalue weighted by Gasteiger charge is -2.38. The highest BCUT2D eigenvalue weighted by Crippen LogP contribution is 2.42. The van der Waals surface area contributed by atoms with Gasteiger partial charge in [-0.15, -0.1) is 0 Å². The molecule has 2 aromatic rings. The number of piperidine rings is 1. The number of carbonyl (C=O) groups is 2. The zero-order valence-corrected chi connectivity index (χ0v) is 21.8. The van der Waals surface area contributed by atoms with Gasteiger partial charge in [0.05, 0.1) is 25.1 Å². The van der Waals surface area contributed by atoms with E-state index in [1.54, 1.807) is 4.90 Å². The quantitative estimate of drug-likeness (QED) is 0.556. The van der Waals surface area contributed by atoms with Crippen LogP contribution in [0.3, 0.4) is 0 Å². The number of pyridine rings is 1. The summed E-state index contributed by atoms with van der Waals surface area (Å²) in [7, 11) is 0. The van der Waals surface area contributed by atoms with Crippen molar-refractivity contribution in [2.24, 2.45) is 0 Å². The first-order chi connectivity index (χ1) is 18.7. The molecule has 0 radical (unpaired) electrons. The van der Waals surface area contributed by atoms with E-state index in [1.165, 1.54) is 18.4 Å². The Morgan fingerprint density at radius 2 is 1.74 bits per heavy atom. The molecule has 1 aromatic heterocycles. The number of carbonyl (C=O) groups excluding carboxylic acids is 2. The van der Waals surface area contributed by atoms with Crippen molar-refractivity contribution in [2.75, 3.05) is 49.6 Å². The predicted molar refractivity (Wildman–Crippen MR) is 141 cm³/mol. The number of amides is 3. The van der Waals surface area contributed by atoms with Crippen LogP contribution in [0.1, 0.15) is 49.8 Å². The summed E-state index contributed by atoms with van der Waals surface area (Å²) in [6.45, 7) is 5.05. The Balaban J connectivity index is 1.21. The summed E-state index contributed by atoms with van der Waals surface area (Å²) >= 11 is 0. The largest absolute Gasteiger partial charge is 0.433 e. The molecule has 3 aliphatic rings. The van der Waals surface area contributed by atoms with Crippen LogP contribution in [-0.2, 0) is 21.1 Å². The molecular weight excluding hydrogens is 511 g/mol. The van der Waals surface area contributed by atoms with E-state index in [2.05, 4.69) is 32.7 Å². The van der Waals surface area contributed by atoms with E-state index in [4.69, 9.17) is 4.74 Å². The zero-order valence-electron chi connectivity index (χ0n) is 21.8. The van der Waals surface area contributed by atoms with Crippen molar-refractivity contribution in [1.29, 1.82) is 0 Å². The third-order valence-corrected chi connectivity index (χ3v) is 8.04. The summed E-state index contributed by atoms with van der Waals surface area (Å²) in [6, 6.07) is 8.82. The number of hydrogen-bond acceptors (Lipinski definition) is 5. The molecule has 8 nitrogen and oxygen atoms in total. The number of anilines is 2. The molecule has 0 unspecified atom stereocenters. The fourth-order valence-electron chi connectivity index (χ4n) is 6.00. The van der Waals surface area contributed by atoms with Crippen LogP contribution in [-0.4, -0.2) is 67.3 Å². The third-order valence-electron chi connectivity index (χ3n) is 8.04. The molecule has 2 saturated heterocycles. The molecule has 1 atom stereocenters. The molecule has 11 heteroatoms. The molecular formula is C28H34F3N5O3. The van der Waals surface area contributed by atoms with Crippen molar-refractivity contribution >= 4 is 23.3 Å². The van der Waals surface area contributed by atoms with Gasteiger partial charge < -0.3 is 20.3 Å². The molecule has 3 heterocycles. The number of alkyl halides is 3. The van der Waals surface area contributed by atoms with Crippen LogP contribution in [0, 0.1) is 0 Å². The monoisotopic (exact) mass is 545 g/mol. The van der Waals surface area contributed by atoms with E-state index >= 15 is 0 Å². The number of ether oxygens (including phenoxy) is 1. The second kappa shape index (κ2) is 11.5. The lowest BCUT2D eigenvalue weighted by Crippen LogP contribution is -2.53. The fourth-order valence-corrected chi connectivity index (χ4v) is 6.00. The van der Waals surface area contributed by atoms with Crippen LogP contribution in [0.15, 0.2) is 42.6 Å². The maximum absolute atomic E-state index is 13.3. The molecule has 1 aromatic carbocycles. The number of halogens is 3. The normalized spacial score (nSPS) is 22.1. The number of benzene rings is 1. The molecule has 1 saturated carbocycles. The van der Waals surface area contributed by atoms with Crippen LogP contribution in [0.5, 0.6) is 0 Å². The molecule has 1 aliphatic carbocycles. The number of nitrogens with one attached hydrogen (secondary N) is 2. The second-order valence-corrected chi connectivity index (χ2v) is 10.6. The van der Waals surface area contributed by atoms with Crippen LogP contribution in [0.4, 0.5) is 29.3 Å². The number of hydrogen-bond donors (Lipinski definition) is 2. The maximum atomic E-state index is 13.3. The maximum Gasteiger partial charge on any atom is 0.433 e. The SMILES string of the molecule is O=C(Nc1ccc(C(F)(F)F)nc1)N[C@@H]1CCCN(c2ccc(C3(CN4CCOCC4)CCCC3)cc2)C1=O. The molecule has 5 rings (SSSR count). The highest BCUT2D eigenvalue weighted by molar-refractivity contribution is 6.01. The van der Waals surface area contributed by atoms with E-state index in [1.807, 2.05) is 12.1 Å². The minimum atomic E-state index is -4.56. The van der Waals surface area contributed by atoms with Crippen LogP contribution in [0.2, 0.25) is 0 Å². The summed E-state index contributed by atoms with van der Waals surface area (Å²) in [4.78, 5) is 33.3. The molecule has 210 valence electrons.